The Morgan fingerprint density at radius 1 is 1.00 bits per heavy atom. The molecule has 110 valence electrons. The number of aryl methyl sites for hydroxylation is 1. The molecule has 2 atom stereocenters. The minimum absolute atomic E-state index is 0.123. The van der Waals surface area contributed by atoms with Crippen molar-refractivity contribution >= 4 is 0 Å². The summed E-state index contributed by atoms with van der Waals surface area (Å²) < 4.78 is 0. The highest BCUT2D eigenvalue weighted by molar-refractivity contribution is 5.31. The molecule has 1 aliphatic heterocycles. The summed E-state index contributed by atoms with van der Waals surface area (Å²) in [5.41, 5.74) is 11.9. The van der Waals surface area contributed by atoms with Crippen molar-refractivity contribution in [3.8, 4) is 0 Å². The van der Waals surface area contributed by atoms with Crippen LogP contribution in [0.25, 0.3) is 0 Å². The van der Waals surface area contributed by atoms with Gasteiger partial charge in [0.2, 0.25) is 0 Å². The minimum Gasteiger partial charge on any atom is -0.326 e. The minimum atomic E-state index is 0.123. The van der Waals surface area contributed by atoms with Gasteiger partial charge in [0.05, 0.1) is 0 Å². The monoisotopic (exact) mass is 280 g/mol. The molecule has 0 spiro atoms. The fourth-order valence-corrected chi connectivity index (χ4v) is 3.37. The maximum Gasteiger partial charge on any atom is 0.0500 e. The lowest BCUT2D eigenvalue weighted by Gasteiger charge is -2.38. The Morgan fingerprint density at radius 2 is 1.67 bits per heavy atom. The normalized spacial score (nSPS) is 18.0. The first kappa shape index (κ1) is 14.3. The molecule has 1 aliphatic rings. The van der Waals surface area contributed by atoms with Crippen molar-refractivity contribution < 1.29 is 0 Å². The van der Waals surface area contributed by atoms with Crippen LogP contribution in [0.15, 0.2) is 48.5 Å². The molecule has 0 bridgehead atoms. The van der Waals surface area contributed by atoms with Crippen molar-refractivity contribution in [1.82, 2.24) is 4.90 Å². The number of hydrogen-bond acceptors (Lipinski definition) is 2. The van der Waals surface area contributed by atoms with Crippen molar-refractivity contribution in [1.29, 1.82) is 0 Å². The largest absolute Gasteiger partial charge is 0.326 e. The molecule has 21 heavy (non-hydrogen) atoms. The van der Waals surface area contributed by atoms with Crippen LogP contribution in [0.5, 0.6) is 0 Å². The first-order valence-electron chi connectivity index (χ1n) is 7.78. The molecule has 2 unspecified atom stereocenters. The van der Waals surface area contributed by atoms with Gasteiger partial charge in [0.25, 0.3) is 0 Å². The highest BCUT2D eigenvalue weighted by Gasteiger charge is 2.27. The van der Waals surface area contributed by atoms with E-state index in [0.717, 1.165) is 19.5 Å². The van der Waals surface area contributed by atoms with Gasteiger partial charge < -0.3 is 5.73 Å². The molecule has 0 saturated heterocycles. The highest BCUT2D eigenvalue weighted by Crippen LogP contribution is 2.29. The molecule has 2 nitrogen and oxygen atoms in total. The first-order chi connectivity index (χ1) is 10.1. The molecule has 0 aromatic heterocycles. The van der Waals surface area contributed by atoms with Crippen LogP contribution in [0.1, 0.15) is 35.2 Å². The average molecular weight is 280 g/mol. The van der Waals surface area contributed by atoms with Gasteiger partial charge in [0.1, 0.15) is 0 Å². The third kappa shape index (κ3) is 3.02. The molecular formula is C19H24N2. The van der Waals surface area contributed by atoms with E-state index in [9.17, 15) is 0 Å². The number of fused-ring (bicyclic) bond motifs is 1. The molecular weight excluding hydrogens is 256 g/mol. The van der Waals surface area contributed by atoms with Crippen LogP contribution >= 0.6 is 0 Å². The first-order valence-corrected chi connectivity index (χ1v) is 7.78. The lowest BCUT2D eigenvalue weighted by molar-refractivity contribution is 0.159. The second-order valence-corrected chi connectivity index (χ2v) is 6.20. The Hall–Kier alpha value is -1.64. The van der Waals surface area contributed by atoms with Gasteiger partial charge in [-0.1, -0.05) is 54.1 Å². The van der Waals surface area contributed by atoms with E-state index < -0.39 is 0 Å². The third-order valence-corrected chi connectivity index (χ3v) is 4.47. The van der Waals surface area contributed by atoms with Gasteiger partial charge in [0.15, 0.2) is 0 Å². The van der Waals surface area contributed by atoms with Gasteiger partial charge >= 0.3 is 0 Å². The topological polar surface area (TPSA) is 29.3 Å². The summed E-state index contributed by atoms with van der Waals surface area (Å²) >= 11 is 0. The Bertz CT molecular complexity index is 601. The lowest BCUT2D eigenvalue weighted by Crippen LogP contribution is -2.42. The van der Waals surface area contributed by atoms with Crippen LogP contribution in [0.4, 0.5) is 0 Å². The smallest absolute Gasteiger partial charge is 0.0500 e. The Morgan fingerprint density at radius 3 is 2.33 bits per heavy atom. The maximum atomic E-state index is 6.32. The maximum absolute atomic E-state index is 6.32. The highest BCUT2D eigenvalue weighted by atomic mass is 15.2. The molecule has 0 saturated carbocycles. The average Bonchev–Trinajstić information content (AvgIpc) is 2.49. The van der Waals surface area contributed by atoms with E-state index in [1.165, 1.54) is 22.3 Å². The van der Waals surface area contributed by atoms with Crippen molar-refractivity contribution in [3.63, 3.8) is 0 Å². The zero-order valence-corrected chi connectivity index (χ0v) is 12.9. The SMILES string of the molecule is Cc1ccc(C(C(C)N)N2CCc3ccccc3C2)cc1. The van der Waals surface area contributed by atoms with E-state index in [4.69, 9.17) is 5.73 Å². The summed E-state index contributed by atoms with van der Waals surface area (Å²) in [5, 5.41) is 0. The van der Waals surface area contributed by atoms with Crippen LogP contribution in [0.3, 0.4) is 0 Å². The predicted octanol–water partition coefficient (Wildman–Crippen LogP) is 3.44. The van der Waals surface area contributed by atoms with Crippen LogP contribution in [-0.2, 0) is 13.0 Å². The fourth-order valence-electron chi connectivity index (χ4n) is 3.37. The van der Waals surface area contributed by atoms with Crippen molar-refractivity contribution in [3.05, 3.63) is 70.8 Å². The number of nitrogens with two attached hydrogens (primary N) is 1. The Balaban J connectivity index is 1.87. The van der Waals surface area contributed by atoms with Crippen LogP contribution in [0, 0.1) is 6.92 Å². The quantitative estimate of drug-likeness (QED) is 0.933. The van der Waals surface area contributed by atoms with Gasteiger partial charge in [-0.2, -0.15) is 0 Å². The molecule has 0 amide bonds. The summed E-state index contributed by atoms with van der Waals surface area (Å²) in [6.45, 7) is 6.32. The predicted molar refractivity (Wildman–Crippen MR) is 88.1 cm³/mol. The van der Waals surface area contributed by atoms with Gasteiger partial charge in [-0.15, -0.1) is 0 Å². The molecule has 3 rings (SSSR count). The molecule has 2 heteroatoms. The van der Waals surface area contributed by atoms with Gasteiger partial charge in [-0.3, -0.25) is 4.90 Å². The molecule has 2 N–H and O–H groups in total. The van der Waals surface area contributed by atoms with Gasteiger partial charge in [-0.25, -0.2) is 0 Å². The molecule has 0 fully saturated rings. The Labute approximate surface area is 127 Å². The molecule has 0 radical (unpaired) electrons. The number of hydrogen-bond donors (Lipinski definition) is 1. The number of benzene rings is 2. The standard InChI is InChI=1S/C19H24N2/c1-14-7-9-17(10-8-14)19(15(2)20)21-12-11-16-5-3-4-6-18(16)13-21/h3-10,15,19H,11-13,20H2,1-2H3. The second-order valence-electron chi connectivity index (χ2n) is 6.20. The molecule has 2 aromatic carbocycles. The van der Waals surface area contributed by atoms with E-state index >= 15 is 0 Å². The van der Waals surface area contributed by atoms with Crippen LogP contribution in [-0.4, -0.2) is 17.5 Å². The van der Waals surface area contributed by atoms with E-state index in [1.54, 1.807) is 0 Å². The van der Waals surface area contributed by atoms with Crippen molar-refractivity contribution in [2.75, 3.05) is 6.54 Å². The zero-order chi connectivity index (χ0) is 14.8. The van der Waals surface area contributed by atoms with E-state index in [-0.39, 0.29) is 6.04 Å². The van der Waals surface area contributed by atoms with Gasteiger partial charge in [0, 0.05) is 25.2 Å². The third-order valence-electron chi connectivity index (χ3n) is 4.47. The van der Waals surface area contributed by atoms with Crippen molar-refractivity contribution in [2.24, 2.45) is 5.73 Å². The summed E-state index contributed by atoms with van der Waals surface area (Å²) in [6.07, 6.45) is 1.12. The zero-order valence-electron chi connectivity index (χ0n) is 12.9. The second kappa shape index (κ2) is 6.00. The molecule has 0 aliphatic carbocycles. The summed E-state index contributed by atoms with van der Waals surface area (Å²) in [7, 11) is 0. The summed E-state index contributed by atoms with van der Waals surface area (Å²) in [6, 6.07) is 18.0. The van der Waals surface area contributed by atoms with E-state index in [0.29, 0.717) is 6.04 Å². The van der Waals surface area contributed by atoms with E-state index in [2.05, 4.69) is 67.3 Å². The molecule has 1 heterocycles. The van der Waals surface area contributed by atoms with E-state index in [1.807, 2.05) is 0 Å². The number of rotatable bonds is 3. The fraction of sp³-hybridized carbons (Fsp3) is 0.368. The Kier molecular flexibility index (Phi) is 4.09. The summed E-state index contributed by atoms with van der Waals surface area (Å²) in [4.78, 5) is 2.53. The van der Waals surface area contributed by atoms with Gasteiger partial charge in [-0.05, 0) is 37.0 Å². The van der Waals surface area contributed by atoms with Crippen molar-refractivity contribution in [2.45, 2.75) is 38.9 Å². The summed E-state index contributed by atoms with van der Waals surface area (Å²) in [5.74, 6) is 0. The van der Waals surface area contributed by atoms with Crippen LogP contribution < -0.4 is 5.73 Å². The lowest BCUT2D eigenvalue weighted by atomic mass is 9.93. The molecule has 2 aromatic rings. The number of nitrogens with zero attached hydrogens (tertiary/aromatic N) is 1. The van der Waals surface area contributed by atoms with Crippen LogP contribution in [0.2, 0.25) is 0 Å².